The molecule has 0 aliphatic heterocycles. The predicted octanol–water partition coefficient (Wildman–Crippen LogP) is 6.50. The van der Waals surface area contributed by atoms with Crippen LogP contribution in [-0.2, 0) is 28.8 Å². The van der Waals surface area contributed by atoms with Crippen molar-refractivity contribution in [3.63, 3.8) is 0 Å². The molecular formula is C31H39N3O3. The van der Waals surface area contributed by atoms with Gasteiger partial charge in [0.25, 0.3) is 0 Å². The van der Waals surface area contributed by atoms with E-state index in [4.69, 9.17) is 9.72 Å². The number of carbonyl (C=O) groups excluding carboxylic acids is 2. The fourth-order valence-electron chi connectivity index (χ4n) is 4.70. The number of aromatic nitrogens is 2. The van der Waals surface area contributed by atoms with E-state index < -0.39 is 0 Å². The van der Waals surface area contributed by atoms with Crippen molar-refractivity contribution in [3.05, 3.63) is 83.2 Å². The fraction of sp³-hybridized carbons (Fsp3) is 0.387. The van der Waals surface area contributed by atoms with E-state index in [1.54, 1.807) is 33.1 Å². The number of ether oxygens (including phenoxy) is 1. The largest absolute Gasteiger partial charge is 0.499 e. The number of pyridine rings is 1. The Morgan fingerprint density at radius 2 is 1.89 bits per heavy atom. The molecule has 4 rings (SSSR count). The topological polar surface area (TPSA) is 84.1 Å². The van der Waals surface area contributed by atoms with E-state index in [2.05, 4.69) is 30.4 Å². The van der Waals surface area contributed by atoms with E-state index in [1.165, 1.54) is 18.9 Å². The third-order valence-electron chi connectivity index (χ3n) is 7.08. The van der Waals surface area contributed by atoms with Crippen molar-refractivity contribution < 1.29 is 14.3 Å². The Morgan fingerprint density at radius 1 is 1.19 bits per heavy atom. The molecule has 0 spiro atoms. The van der Waals surface area contributed by atoms with Crippen LogP contribution < -0.4 is 5.32 Å². The minimum absolute atomic E-state index is 0.119. The number of amides is 1. The van der Waals surface area contributed by atoms with Crippen molar-refractivity contribution in [1.82, 2.24) is 15.3 Å². The maximum atomic E-state index is 12.7. The van der Waals surface area contributed by atoms with Gasteiger partial charge in [0.15, 0.2) is 5.78 Å². The number of aromatic amines is 1. The predicted molar refractivity (Wildman–Crippen MR) is 150 cm³/mol. The summed E-state index contributed by atoms with van der Waals surface area (Å²) in [7, 11) is 1.55. The number of nitrogens with zero attached hydrogens (tertiary/aromatic N) is 1. The van der Waals surface area contributed by atoms with Crippen LogP contribution in [0, 0.1) is 5.41 Å². The molecule has 0 bridgehead atoms. The van der Waals surface area contributed by atoms with Crippen LogP contribution in [0.5, 0.6) is 0 Å². The first-order valence-corrected chi connectivity index (χ1v) is 13.0. The van der Waals surface area contributed by atoms with Crippen LogP contribution in [0.4, 0.5) is 0 Å². The SMILES string of the molecule is C=CC(=O)NC(/C=C(\C=C)c1cc2c(cn1)CCc1c-2[nH]c(CC2(C)CC2)c1C(C)=O)=C(/C)OC.CC. The second-order valence-corrected chi connectivity index (χ2v) is 9.77. The van der Waals surface area contributed by atoms with Crippen molar-refractivity contribution in [3.8, 4) is 11.3 Å². The molecule has 6 heteroatoms. The van der Waals surface area contributed by atoms with E-state index in [1.807, 2.05) is 26.1 Å². The molecule has 0 aromatic carbocycles. The van der Waals surface area contributed by atoms with Crippen LogP contribution in [0.2, 0.25) is 0 Å². The Kier molecular flexibility index (Phi) is 8.74. The number of hydrogen-bond acceptors (Lipinski definition) is 4. The summed E-state index contributed by atoms with van der Waals surface area (Å²) < 4.78 is 5.35. The Balaban J connectivity index is 0.00000186. The highest BCUT2D eigenvalue weighted by Crippen LogP contribution is 2.49. The second-order valence-electron chi connectivity index (χ2n) is 9.77. The summed E-state index contributed by atoms with van der Waals surface area (Å²) in [5.74, 6) is 0.335. The molecule has 0 saturated heterocycles. The van der Waals surface area contributed by atoms with Crippen molar-refractivity contribution in [2.75, 3.05) is 7.11 Å². The number of carbonyl (C=O) groups is 2. The molecule has 6 nitrogen and oxygen atoms in total. The summed E-state index contributed by atoms with van der Waals surface area (Å²) in [6.07, 6.45) is 11.6. The number of fused-ring (bicyclic) bond motifs is 3. The number of methoxy groups -OCH3 is 1. The number of rotatable bonds is 9. The zero-order chi connectivity index (χ0) is 27.3. The van der Waals surface area contributed by atoms with E-state index >= 15 is 0 Å². The quantitative estimate of drug-likeness (QED) is 0.178. The van der Waals surface area contributed by atoms with Gasteiger partial charge in [-0.15, -0.1) is 0 Å². The van der Waals surface area contributed by atoms with Crippen molar-refractivity contribution in [2.45, 2.75) is 66.7 Å². The average Bonchev–Trinajstić information content (AvgIpc) is 3.51. The highest BCUT2D eigenvalue weighted by molar-refractivity contribution is 5.99. The molecule has 2 aliphatic rings. The first-order valence-electron chi connectivity index (χ1n) is 13.0. The Labute approximate surface area is 220 Å². The van der Waals surface area contributed by atoms with Gasteiger partial charge in [-0.3, -0.25) is 14.6 Å². The third kappa shape index (κ3) is 6.01. The zero-order valence-electron chi connectivity index (χ0n) is 23.0. The first kappa shape index (κ1) is 27.9. The Bertz CT molecular complexity index is 1290. The van der Waals surface area contributed by atoms with Gasteiger partial charge in [0, 0.05) is 34.3 Å². The number of nitrogens with one attached hydrogen (secondary N) is 2. The molecule has 0 atom stereocenters. The van der Waals surface area contributed by atoms with Crippen LogP contribution in [0.25, 0.3) is 16.8 Å². The average molecular weight is 502 g/mol. The number of ketones is 1. The highest BCUT2D eigenvalue weighted by Gasteiger charge is 2.39. The molecule has 2 aromatic heterocycles. The van der Waals surface area contributed by atoms with Gasteiger partial charge in [0.1, 0.15) is 5.76 Å². The van der Waals surface area contributed by atoms with E-state index in [-0.39, 0.29) is 11.7 Å². The first-order chi connectivity index (χ1) is 17.7. The lowest BCUT2D eigenvalue weighted by Crippen LogP contribution is -2.20. The van der Waals surface area contributed by atoms with Gasteiger partial charge in [0.05, 0.1) is 18.5 Å². The molecule has 1 amide bonds. The lowest BCUT2D eigenvalue weighted by atomic mass is 9.87. The monoisotopic (exact) mass is 501 g/mol. The molecule has 1 saturated carbocycles. The van der Waals surface area contributed by atoms with E-state index in [9.17, 15) is 9.59 Å². The maximum Gasteiger partial charge on any atom is 0.247 e. The summed E-state index contributed by atoms with van der Waals surface area (Å²) in [6.45, 7) is 17.2. The molecule has 2 aliphatic carbocycles. The number of allylic oxidation sites excluding steroid dienone is 4. The molecule has 2 heterocycles. The lowest BCUT2D eigenvalue weighted by molar-refractivity contribution is -0.115. The number of Topliss-reactive ketones (excluding diaryl/α,β-unsaturated/α-hetero) is 1. The summed E-state index contributed by atoms with van der Waals surface area (Å²) in [5.41, 5.74) is 8.51. The van der Waals surface area contributed by atoms with Gasteiger partial charge in [-0.2, -0.15) is 0 Å². The van der Waals surface area contributed by atoms with Crippen LogP contribution in [0.3, 0.4) is 0 Å². The Morgan fingerprint density at radius 3 is 2.46 bits per heavy atom. The van der Waals surface area contributed by atoms with Crippen LogP contribution in [0.15, 0.2) is 55.1 Å². The molecule has 2 aromatic rings. The maximum absolute atomic E-state index is 12.7. The smallest absolute Gasteiger partial charge is 0.247 e. The molecule has 1 fully saturated rings. The third-order valence-corrected chi connectivity index (χ3v) is 7.08. The normalized spacial score (nSPS) is 15.7. The van der Waals surface area contributed by atoms with Gasteiger partial charge < -0.3 is 15.0 Å². The molecule has 2 N–H and O–H groups in total. The summed E-state index contributed by atoms with van der Waals surface area (Å²) >= 11 is 0. The zero-order valence-corrected chi connectivity index (χ0v) is 23.0. The van der Waals surface area contributed by atoms with Crippen LogP contribution >= 0.6 is 0 Å². The molecular weight excluding hydrogens is 462 g/mol. The highest BCUT2D eigenvalue weighted by atomic mass is 16.5. The molecule has 37 heavy (non-hydrogen) atoms. The second kappa shape index (κ2) is 11.6. The van der Waals surface area contributed by atoms with Gasteiger partial charge in [-0.25, -0.2) is 0 Å². The van der Waals surface area contributed by atoms with Crippen molar-refractivity contribution in [1.29, 1.82) is 0 Å². The summed E-state index contributed by atoms with van der Waals surface area (Å²) in [4.78, 5) is 32.9. The summed E-state index contributed by atoms with van der Waals surface area (Å²) in [5, 5.41) is 2.78. The molecule has 0 unspecified atom stereocenters. The van der Waals surface area contributed by atoms with Crippen LogP contribution in [0.1, 0.15) is 80.3 Å². The molecule has 0 radical (unpaired) electrons. The van der Waals surface area contributed by atoms with E-state index in [0.717, 1.165) is 64.2 Å². The lowest BCUT2D eigenvalue weighted by Gasteiger charge is -2.18. The minimum atomic E-state index is -0.334. The van der Waals surface area contributed by atoms with Crippen molar-refractivity contribution >= 4 is 17.3 Å². The molecule has 196 valence electrons. The number of aryl methyl sites for hydroxylation is 1. The van der Waals surface area contributed by atoms with Gasteiger partial charge in [0.2, 0.25) is 5.91 Å². The van der Waals surface area contributed by atoms with Gasteiger partial charge >= 0.3 is 0 Å². The number of hydrogen-bond donors (Lipinski definition) is 2. The minimum Gasteiger partial charge on any atom is -0.499 e. The fourth-order valence-corrected chi connectivity index (χ4v) is 4.70. The Hall–Kier alpha value is -3.67. The van der Waals surface area contributed by atoms with Crippen molar-refractivity contribution in [2.24, 2.45) is 5.41 Å². The van der Waals surface area contributed by atoms with Crippen LogP contribution in [-0.4, -0.2) is 28.8 Å². The van der Waals surface area contributed by atoms with Gasteiger partial charge in [-0.1, -0.05) is 40.0 Å². The van der Waals surface area contributed by atoms with E-state index in [0.29, 0.717) is 16.9 Å². The summed E-state index contributed by atoms with van der Waals surface area (Å²) in [6, 6.07) is 2.04. The van der Waals surface area contributed by atoms with Gasteiger partial charge in [-0.05, 0) is 80.7 Å². The standard InChI is InChI=1S/C29H33N3O3.C2H6/c1-7-19(13-23(18(4)35-6)31-26(34)8-2)24-14-22-20(16-30-24)9-10-21-27(17(3)33)25(32-28(21)22)15-29(5)11-12-29;1-2/h7-8,13-14,16,32H,1-2,9-12,15H2,3-6H3,(H,31,34);1-2H3/b19-13+,23-18-;. The number of H-pyrrole nitrogens is 1.